The van der Waals surface area contributed by atoms with Crippen molar-refractivity contribution in [1.29, 1.82) is 0 Å². The standard InChI is InChI=1S/C29H29ClFN5O3/c1-6-20-7-10-24(11-8-20)36(28(37)22-16-23(30)18-25(17-22)39-5)29(38)33-27-12-9-21(15-26(27)31)19-32-35(4)14-13-34(2)3/h1,7-12,15-19H,13-14H2,2-5H3,(H,33,38). The molecule has 3 amide bonds. The van der Waals surface area contributed by atoms with E-state index in [-0.39, 0.29) is 22.0 Å². The van der Waals surface area contributed by atoms with E-state index in [1.165, 1.54) is 55.8 Å². The number of halogens is 2. The van der Waals surface area contributed by atoms with E-state index < -0.39 is 17.8 Å². The number of ether oxygens (including phenoxy) is 1. The number of urea groups is 1. The summed E-state index contributed by atoms with van der Waals surface area (Å²) < 4.78 is 20.2. The SMILES string of the molecule is C#Cc1ccc(N(C(=O)Nc2ccc(C=NN(C)CCN(C)C)cc2F)C(=O)c2cc(Cl)cc(OC)c2)cc1. The van der Waals surface area contributed by atoms with Gasteiger partial charge in [0.05, 0.1) is 24.7 Å². The monoisotopic (exact) mass is 549 g/mol. The molecule has 0 aliphatic heterocycles. The van der Waals surface area contributed by atoms with Gasteiger partial charge < -0.3 is 15.0 Å². The molecule has 8 nitrogen and oxygen atoms in total. The molecule has 3 aromatic carbocycles. The van der Waals surface area contributed by atoms with Crippen LogP contribution in [0.4, 0.5) is 20.6 Å². The predicted octanol–water partition coefficient (Wildman–Crippen LogP) is 5.18. The number of carbonyl (C=O) groups is 2. The number of terminal acetylenes is 1. The zero-order chi connectivity index (χ0) is 28.5. The average Bonchev–Trinajstić information content (AvgIpc) is 2.92. The van der Waals surface area contributed by atoms with Crippen LogP contribution in [0.1, 0.15) is 21.5 Å². The molecule has 39 heavy (non-hydrogen) atoms. The second-order valence-electron chi connectivity index (χ2n) is 8.81. The number of hydrazone groups is 1. The van der Waals surface area contributed by atoms with Gasteiger partial charge in [-0.25, -0.2) is 14.1 Å². The van der Waals surface area contributed by atoms with Gasteiger partial charge in [0.2, 0.25) is 0 Å². The number of nitrogens with one attached hydrogen (secondary N) is 1. The van der Waals surface area contributed by atoms with Crippen LogP contribution in [0.15, 0.2) is 65.8 Å². The molecule has 0 radical (unpaired) electrons. The minimum absolute atomic E-state index is 0.0981. The lowest BCUT2D eigenvalue weighted by Crippen LogP contribution is -2.40. The number of carbonyl (C=O) groups excluding carboxylic acids is 2. The van der Waals surface area contributed by atoms with E-state index >= 15 is 0 Å². The summed E-state index contributed by atoms with van der Waals surface area (Å²) in [4.78, 5) is 29.8. The largest absolute Gasteiger partial charge is 0.497 e. The van der Waals surface area contributed by atoms with Crippen molar-refractivity contribution in [3.8, 4) is 18.1 Å². The highest BCUT2D eigenvalue weighted by atomic mass is 35.5. The number of nitrogens with zero attached hydrogens (tertiary/aromatic N) is 4. The van der Waals surface area contributed by atoms with Gasteiger partial charge in [0, 0.05) is 36.3 Å². The molecule has 0 heterocycles. The van der Waals surface area contributed by atoms with Crippen LogP contribution in [0, 0.1) is 18.2 Å². The summed E-state index contributed by atoms with van der Waals surface area (Å²) in [6, 6.07) is 14.0. The number of amides is 3. The molecule has 0 spiro atoms. The Hall–Kier alpha value is -4.39. The molecule has 0 unspecified atom stereocenters. The molecular weight excluding hydrogens is 521 g/mol. The summed E-state index contributed by atoms with van der Waals surface area (Å²) >= 11 is 6.15. The molecule has 0 aromatic heterocycles. The third kappa shape index (κ3) is 8.04. The minimum atomic E-state index is -0.879. The van der Waals surface area contributed by atoms with E-state index in [2.05, 4.69) is 16.3 Å². The van der Waals surface area contributed by atoms with Gasteiger partial charge in [-0.1, -0.05) is 23.6 Å². The molecule has 0 saturated heterocycles. The zero-order valence-electron chi connectivity index (χ0n) is 22.1. The van der Waals surface area contributed by atoms with Crippen LogP contribution in [-0.4, -0.2) is 69.4 Å². The Morgan fingerprint density at radius 1 is 1.08 bits per heavy atom. The summed E-state index contributed by atoms with van der Waals surface area (Å²) in [6.45, 7) is 1.51. The quantitative estimate of drug-likeness (QED) is 0.226. The van der Waals surface area contributed by atoms with Crippen molar-refractivity contribution < 1.29 is 18.7 Å². The molecule has 0 fully saturated rings. The second kappa shape index (κ2) is 13.4. The van der Waals surface area contributed by atoms with Gasteiger partial charge in [0.15, 0.2) is 0 Å². The molecule has 0 aliphatic rings. The van der Waals surface area contributed by atoms with Gasteiger partial charge >= 0.3 is 6.03 Å². The van der Waals surface area contributed by atoms with E-state index in [0.717, 1.165) is 11.4 Å². The fraction of sp³-hybridized carbons (Fsp3) is 0.207. The van der Waals surface area contributed by atoms with E-state index in [4.69, 9.17) is 22.8 Å². The van der Waals surface area contributed by atoms with Crippen molar-refractivity contribution >= 4 is 41.1 Å². The van der Waals surface area contributed by atoms with E-state index in [1.54, 1.807) is 23.2 Å². The third-order valence-corrected chi connectivity index (χ3v) is 5.78. The molecule has 10 heteroatoms. The number of hydrogen-bond acceptors (Lipinski definition) is 6. The fourth-order valence-electron chi connectivity index (χ4n) is 3.42. The molecule has 0 saturated carbocycles. The average molecular weight is 550 g/mol. The summed E-state index contributed by atoms with van der Waals surface area (Å²) in [5.74, 6) is 1.43. The number of hydrogen-bond donors (Lipinski definition) is 1. The zero-order valence-corrected chi connectivity index (χ0v) is 22.9. The highest BCUT2D eigenvalue weighted by molar-refractivity contribution is 6.31. The lowest BCUT2D eigenvalue weighted by atomic mass is 10.1. The van der Waals surface area contributed by atoms with Crippen LogP contribution in [-0.2, 0) is 0 Å². The number of rotatable bonds is 9. The lowest BCUT2D eigenvalue weighted by Gasteiger charge is -2.22. The van der Waals surface area contributed by atoms with Crippen LogP contribution in [0.2, 0.25) is 5.02 Å². The third-order valence-electron chi connectivity index (χ3n) is 5.56. The Morgan fingerprint density at radius 2 is 1.79 bits per heavy atom. The van der Waals surface area contributed by atoms with Crippen LogP contribution in [0.3, 0.4) is 0 Å². The summed E-state index contributed by atoms with van der Waals surface area (Å²) in [6.07, 6.45) is 6.96. The lowest BCUT2D eigenvalue weighted by molar-refractivity contribution is 0.0995. The Morgan fingerprint density at radius 3 is 2.41 bits per heavy atom. The maximum Gasteiger partial charge on any atom is 0.333 e. The maximum absolute atomic E-state index is 15.0. The maximum atomic E-state index is 15.0. The van der Waals surface area contributed by atoms with Crippen molar-refractivity contribution in [1.82, 2.24) is 9.91 Å². The Bertz CT molecular complexity index is 1400. The molecule has 0 bridgehead atoms. The minimum Gasteiger partial charge on any atom is -0.497 e. The molecule has 1 N–H and O–H groups in total. The van der Waals surface area contributed by atoms with Gasteiger partial charge in [-0.3, -0.25) is 9.80 Å². The van der Waals surface area contributed by atoms with Crippen molar-refractivity contribution in [3.05, 3.63) is 88.2 Å². The van der Waals surface area contributed by atoms with Crippen LogP contribution < -0.4 is 15.0 Å². The molecule has 0 aliphatic carbocycles. The molecule has 3 aromatic rings. The predicted molar refractivity (Wildman–Crippen MR) is 153 cm³/mol. The van der Waals surface area contributed by atoms with Crippen molar-refractivity contribution in [3.63, 3.8) is 0 Å². The van der Waals surface area contributed by atoms with Gasteiger partial charge in [0.25, 0.3) is 5.91 Å². The van der Waals surface area contributed by atoms with Gasteiger partial charge in [-0.15, -0.1) is 6.42 Å². The molecule has 0 atom stereocenters. The number of benzene rings is 3. The number of methoxy groups -OCH3 is 1. The van der Waals surface area contributed by atoms with Gasteiger partial charge in [0.1, 0.15) is 11.6 Å². The number of likely N-dealkylation sites (N-methyl/N-ethyl adjacent to an activating group) is 2. The van der Waals surface area contributed by atoms with Crippen LogP contribution in [0.25, 0.3) is 0 Å². The fourth-order valence-corrected chi connectivity index (χ4v) is 3.64. The summed E-state index contributed by atoms with van der Waals surface area (Å²) in [7, 11) is 7.18. The number of imide groups is 1. The van der Waals surface area contributed by atoms with E-state index in [9.17, 15) is 14.0 Å². The first kappa shape index (κ1) is 29.2. The highest BCUT2D eigenvalue weighted by Gasteiger charge is 2.26. The normalized spacial score (nSPS) is 10.8. The van der Waals surface area contributed by atoms with Crippen molar-refractivity contribution in [2.24, 2.45) is 5.10 Å². The summed E-state index contributed by atoms with van der Waals surface area (Å²) in [5, 5.41) is 8.77. The summed E-state index contributed by atoms with van der Waals surface area (Å²) in [5.41, 5.74) is 1.28. The number of anilines is 2. The first-order chi connectivity index (χ1) is 18.6. The van der Waals surface area contributed by atoms with E-state index in [0.29, 0.717) is 23.4 Å². The molecule has 202 valence electrons. The highest BCUT2D eigenvalue weighted by Crippen LogP contribution is 2.26. The van der Waals surface area contributed by atoms with Crippen LogP contribution in [0.5, 0.6) is 5.75 Å². The molecular formula is C29H29ClFN5O3. The first-order valence-corrected chi connectivity index (χ1v) is 12.2. The van der Waals surface area contributed by atoms with Gasteiger partial charge in [-0.2, -0.15) is 5.10 Å². The topological polar surface area (TPSA) is 77.5 Å². The van der Waals surface area contributed by atoms with Gasteiger partial charge in [-0.05, 0) is 74.3 Å². The smallest absolute Gasteiger partial charge is 0.333 e. The van der Waals surface area contributed by atoms with Crippen LogP contribution >= 0.6 is 11.6 Å². The van der Waals surface area contributed by atoms with Crippen molar-refractivity contribution in [2.75, 3.05) is 51.6 Å². The molecule has 3 rings (SSSR count). The first-order valence-electron chi connectivity index (χ1n) is 11.9. The van der Waals surface area contributed by atoms with Crippen molar-refractivity contribution in [2.45, 2.75) is 0 Å². The van der Waals surface area contributed by atoms with E-state index in [1.807, 2.05) is 26.0 Å². The Balaban J connectivity index is 1.87. The Labute approximate surface area is 232 Å². The second-order valence-corrected chi connectivity index (χ2v) is 9.25. The Kier molecular flexibility index (Phi) is 10.0.